The van der Waals surface area contributed by atoms with Gasteiger partial charge in [-0.15, -0.1) is 0 Å². The molecule has 0 N–H and O–H groups in total. The van der Waals surface area contributed by atoms with Gasteiger partial charge in [-0.3, -0.25) is 0 Å². The second-order valence-electron chi connectivity index (χ2n) is 7.75. The maximum atomic E-state index is 9.38. The molecule has 3 unspecified atom stereocenters. The molecule has 3 rings (SSSR count). The zero-order valence-electron chi connectivity index (χ0n) is 14.8. The molecule has 2 heterocycles. The Morgan fingerprint density at radius 3 is 2.92 bits per heavy atom. The standard InChI is InChI=1S/C19H27BrN2O2/c1-13(2)22-11-19(3,12-24-17-6-4-5-7-23-17)15-8-14(10-21)9-16(20)18(15)22/h9,13,15,17H,4-8,11-12H2,1-3H3. The normalized spacial score (nSPS) is 33.5. The summed E-state index contributed by atoms with van der Waals surface area (Å²) in [5.41, 5.74) is 2.18. The topological polar surface area (TPSA) is 45.5 Å². The highest BCUT2D eigenvalue weighted by molar-refractivity contribution is 9.11. The van der Waals surface area contributed by atoms with Crippen molar-refractivity contribution >= 4 is 15.9 Å². The predicted octanol–water partition coefficient (Wildman–Crippen LogP) is 4.34. The van der Waals surface area contributed by atoms with E-state index in [1.165, 1.54) is 12.1 Å². The molecule has 0 aromatic carbocycles. The van der Waals surface area contributed by atoms with E-state index in [9.17, 15) is 5.26 Å². The Kier molecular flexibility index (Phi) is 5.39. The molecule has 0 amide bonds. The average molecular weight is 395 g/mol. The smallest absolute Gasteiger partial charge is 0.157 e. The van der Waals surface area contributed by atoms with Crippen LogP contribution in [0.2, 0.25) is 0 Å². The number of halogens is 1. The SMILES string of the molecule is CC(C)N1CC(C)(COC2CCCCO2)C2CC(C#N)=CC(Br)=C21. The molecule has 0 radical (unpaired) electrons. The largest absolute Gasteiger partial charge is 0.371 e. The predicted molar refractivity (Wildman–Crippen MR) is 97.2 cm³/mol. The number of fused-ring (bicyclic) bond motifs is 1. The third-order valence-corrected chi connectivity index (χ3v) is 6.12. The van der Waals surface area contributed by atoms with Gasteiger partial charge >= 0.3 is 0 Å². The summed E-state index contributed by atoms with van der Waals surface area (Å²) in [4.78, 5) is 2.46. The monoisotopic (exact) mass is 394 g/mol. The summed E-state index contributed by atoms with van der Waals surface area (Å²) < 4.78 is 13.0. The lowest BCUT2D eigenvalue weighted by Crippen LogP contribution is -2.36. The number of likely N-dealkylation sites (tertiary alicyclic amines) is 1. The van der Waals surface area contributed by atoms with Crippen LogP contribution in [0.25, 0.3) is 0 Å². The van der Waals surface area contributed by atoms with Gasteiger partial charge in [-0.05, 0) is 61.5 Å². The van der Waals surface area contributed by atoms with Gasteiger partial charge < -0.3 is 14.4 Å². The van der Waals surface area contributed by atoms with Gasteiger partial charge in [0.2, 0.25) is 0 Å². The van der Waals surface area contributed by atoms with Crippen molar-refractivity contribution in [2.24, 2.45) is 11.3 Å². The van der Waals surface area contributed by atoms with Crippen LogP contribution in [-0.2, 0) is 9.47 Å². The lowest BCUT2D eigenvalue weighted by atomic mass is 9.74. The molecule has 0 spiro atoms. The van der Waals surface area contributed by atoms with Gasteiger partial charge in [0, 0.05) is 46.3 Å². The molecule has 132 valence electrons. The highest BCUT2D eigenvalue weighted by Crippen LogP contribution is 2.51. The van der Waals surface area contributed by atoms with E-state index in [0.717, 1.165) is 42.5 Å². The summed E-state index contributed by atoms with van der Waals surface area (Å²) in [6.45, 7) is 9.19. The quantitative estimate of drug-likeness (QED) is 0.711. The van der Waals surface area contributed by atoms with Crippen LogP contribution in [0.15, 0.2) is 21.8 Å². The Morgan fingerprint density at radius 2 is 2.29 bits per heavy atom. The Balaban J connectivity index is 1.81. The molecule has 2 fully saturated rings. The Bertz CT molecular complexity index is 587. The molecule has 0 aromatic heterocycles. The summed E-state index contributed by atoms with van der Waals surface area (Å²) in [7, 11) is 0. The van der Waals surface area contributed by atoms with Crippen LogP contribution < -0.4 is 0 Å². The second-order valence-corrected chi connectivity index (χ2v) is 8.61. The van der Waals surface area contributed by atoms with Gasteiger partial charge in [-0.25, -0.2) is 0 Å². The molecule has 1 aliphatic carbocycles. The third-order valence-electron chi connectivity index (χ3n) is 5.49. The Morgan fingerprint density at radius 1 is 1.50 bits per heavy atom. The molecule has 0 aromatic rings. The van der Waals surface area contributed by atoms with Crippen LogP contribution in [0.5, 0.6) is 0 Å². The lowest BCUT2D eigenvalue weighted by Gasteiger charge is -2.34. The minimum absolute atomic E-state index is 0.00418. The van der Waals surface area contributed by atoms with E-state index in [-0.39, 0.29) is 11.7 Å². The highest BCUT2D eigenvalue weighted by Gasteiger charge is 2.49. The molecule has 24 heavy (non-hydrogen) atoms. The molecule has 5 heteroatoms. The number of ether oxygens (including phenoxy) is 2. The van der Waals surface area contributed by atoms with Crippen LogP contribution in [0, 0.1) is 22.7 Å². The van der Waals surface area contributed by atoms with Gasteiger partial charge in [0.1, 0.15) is 0 Å². The minimum atomic E-state index is -0.0610. The van der Waals surface area contributed by atoms with E-state index >= 15 is 0 Å². The molecule has 2 saturated heterocycles. The van der Waals surface area contributed by atoms with Crippen LogP contribution in [0.4, 0.5) is 0 Å². The first-order valence-corrected chi connectivity index (χ1v) is 9.74. The van der Waals surface area contributed by atoms with Gasteiger partial charge in [0.15, 0.2) is 6.29 Å². The third kappa shape index (κ3) is 3.42. The van der Waals surface area contributed by atoms with E-state index in [2.05, 4.69) is 47.7 Å². The van der Waals surface area contributed by atoms with E-state index in [4.69, 9.17) is 9.47 Å². The lowest BCUT2D eigenvalue weighted by molar-refractivity contribution is -0.179. The summed E-state index contributed by atoms with van der Waals surface area (Å²) in [6.07, 6.45) is 6.03. The van der Waals surface area contributed by atoms with Crippen molar-refractivity contribution < 1.29 is 9.47 Å². The van der Waals surface area contributed by atoms with Gasteiger partial charge in [0.25, 0.3) is 0 Å². The number of rotatable bonds is 4. The zero-order chi connectivity index (χ0) is 17.3. The van der Waals surface area contributed by atoms with Crippen LogP contribution in [0.3, 0.4) is 0 Å². The van der Waals surface area contributed by atoms with Crippen molar-refractivity contribution in [2.45, 2.75) is 58.8 Å². The summed E-state index contributed by atoms with van der Waals surface area (Å²) >= 11 is 3.71. The van der Waals surface area contributed by atoms with Crippen LogP contribution in [-0.4, -0.2) is 37.0 Å². The van der Waals surface area contributed by atoms with E-state index in [1.54, 1.807) is 0 Å². The van der Waals surface area contributed by atoms with Crippen molar-refractivity contribution in [1.82, 2.24) is 4.90 Å². The molecule has 3 aliphatic rings. The zero-order valence-corrected chi connectivity index (χ0v) is 16.4. The van der Waals surface area contributed by atoms with Crippen molar-refractivity contribution in [3.05, 3.63) is 21.8 Å². The summed E-state index contributed by atoms with van der Waals surface area (Å²) in [6, 6.07) is 2.78. The molecule has 4 nitrogen and oxygen atoms in total. The van der Waals surface area contributed by atoms with Crippen molar-refractivity contribution in [3.63, 3.8) is 0 Å². The first-order valence-electron chi connectivity index (χ1n) is 8.95. The minimum Gasteiger partial charge on any atom is -0.371 e. The average Bonchev–Trinajstić information content (AvgIpc) is 2.88. The van der Waals surface area contributed by atoms with Gasteiger partial charge in [0.05, 0.1) is 12.7 Å². The molecule has 3 atom stereocenters. The molecular weight excluding hydrogens is 368 g/mol. The Labute approximate surface area is 153 Å². The van der Waals surface area contributed by atoms with E-state index < -0.39 is 0 Å². The number of hydrogen-bond donors (Lipinski definition) is 0. The molecule has 0 saturated carbocycles. The Hall–Kier alpha value is -0.830. The van der Waals surface area contributed by atoms with Crippen molar-refractivity contribution in [3.8, 4) is 6.07 Å². The fourth-order valence-corrected chi connectivity index (χ4v) is 4.86. The second kappa shape index (κ2) is 7.19. The van der Waals surface area contributed by atoms with Gasteiger partial charge in [-0.1, -0.05) is 6.92 Å². The fourth-order valence-electron chi connectivity index (χ4n) is 4.08. The number of nitriles is 1. The molecule has 2 aliphatic heterocycles. The van der Waals surface area contributed by atoms with Crippen LogP contribution in [0.1, 0.15) is 46.5 Å². The van der Waals surface area contributed by atoms with E-state index in [0.29, 0.717) is 18.6 Å². The van der Waals surface area contributed by atoms with Gasteiger partial charge in [-0.2, -0.15) is 5.26 Å². The molecular formula is C19H27BrN2O2. The maximum absolute atomic E-state index is 9.38. The molecule has 0 bridgehead atoms. The van der Waals surface area contributed by atoms with Crippen molar-refractivity contribution in [1.29, 1.82) is 5.26 Å². The summed E-state index contributed by atoms with van der Waals surface area (Å²) in [5, 5.41) is 9.38. The van der Waals surface area contributed by atoms with E-state index in [1.807, 2.05) is 6.08 Å². The van der Waals surface area contributed by atoms with Crippen LogP contribution >= 0.6 is 15.9 Å². The number of nitrogens with zero attached hydrogens (tertiary/aromatic N) is 2. The van der Waals surface area contributed by atoms with Crippen molar-refractivity contribution in [2.75, 3.05) is 19.8 Å². The first kappa shape index (κ1) is 18.0. The summed E-state index contributed by atoms with van der Waals surface area (Å²) in [5.74, 6) is 0.317. The number of allylic oxidation sites excluding steroid dienone is 4. The number of hydrogen-bond acceptors (Lipinski definition) is 4. The highest BCUT2D eigenvalue weighted by atomic mass is 79.9. The fraction of sp³-hybridized carbons (Fsp3) is 0.737. The maximum Gasteiger partial charge on any atom is 0.157 e. The first-order chi connectivity index (χ1) is 11.4.